The van der Waals surface area contributed by atoms with Gasteiger partial charge in [0.15, 0.2) is 0 Å². The first-order valence-electron chi connectivity index (χ1n) is 7.75. The lowest BCUT2D eigenvalue weighted by molar-refractivity contribution is -0.0497. The molecule has 2 aromatic rings. The molecular formula is C18H18ClF2NO4. The zero-order chi connectivity index (χ0) is 19.1. The fraction of sp³-hybridized carbons (Fsp3) is 0.278. The Morgan fingerprint density at radius 2 is 1.92 bits per heavy atom. The Kier molecular flexibility index (Phi) is 7.17. The lowest BCUT2D eigenvalue weighted by atomic mass is 10.1. The molecule has 2 rings (SSSR count). The van der Waals surface area contributed by atoms with Crippen molar-refractivity contribution < 1.29 is 27.8 Å². The van der Waals surface area contributed by atoms with Gasteiger partial charge in [0.05, 0.1) is 18.7 Å². The van der Waals surface area contributed by atoms with E-state index in [9.17, 15) is 13.6 Å². The summed E-state index contributed by atoms with van der Waals surface area (Å²) in [5, 5.41) is 2.62. The van der Waals surface area contributed by atoms with Gasteiger partial charge in [-0.05, 0) is 43.3 Å². The predicted octanol–water partition coefficient (Wildman–Crippen LogP) is 4.74. The number of ether oxygens (including phenoxy) is 3. The maximum Gasteiger partial charge on any atom is 0.387 e. The summed E-state index contributed by atoms with van der Waals surface area (Å²) < 4.78 is 39.4. The standard InChI is InChI=1S/C18H18ClF2NO4/c1-3-25-10-12-8-11(4-6-15(12)24-2)17(23)22-13-5-7-16(14(19)9-13)26-18(20)21/h4-9,18H,3,10H2,1-2H3,(H,22,23). The van der Waals surface area contributed by atoms with E-state index in [1.54, 1.807) is 18.2 Å². The highest BCUT2D eigenvalue weighted by molar-refractivity contribution is 6.32. The number of benzene rings is 2. The third-order valence-corrected chi connectivity index (χ3v) is 3.71. The van der Waals surface area contributed by atoms with Gasteiger partial charge in [0, 0.05) is 23.4 Å². The second kappa shape index (κ2) is 9.35. The Morgan fingerprint density at radius 3 is 2.54 bits per heavy atom. The summed E-state index contributed by atoms with van der Waals surface area (Å²) in [6.45, 7) is -0.262. The molecule has 0 saturated heterocycles. The summed E-state index contributed by atoms with van der Waals surface area (Å²) in [6.07, 6.45) is 0. The van der Waals surface area contributed by atoms with Crippen molar-refractivity contribution in [2.75, 3.05) is 19.0 Å². The van der Waals surface area contributed by atoms with Crippen LogP contribution < -0.4 is 14.8 Å². The summed E-state index contributed by atoms with van der Waals surface area (Å²) in [7, 11) is 1.54. The summed E-state index contributed by atoms with van der Waals surface area (Å²) >= 11 is 5.88. The van der Waals surface area contributed by atoms with Crippen LogP contribution in [0.5, 0.6) is 11.5 Å². The summed E-state index contributed by atoms with van der Waals surface area (Å²) in [5.74, 6) is 0.0682. The van der Waals surface area contributed by atoms with E-state index in [0.717, 1.165) is 5.56 Å². The van der Waals surface area contributed by atoms with Crippen molar-refractivity contribution in [3.05, 3.63) is 52.5 Å². The summed E-state index contributed by atoms with van der Waals surface area (Å²) in [4.78, 5) is 12.4. The number of hydrogen-bond acceptors (Lipinski definition) is 4. The maximum absolute atomic E-state index is 12.4. The Balaban J connectivity index is 2.15. The molecule has 0 spiro atoms. The average Bonchev–Trinajstić information content (AvgIpc) is 2.61. The van der Waals surface area contributed by atoms with Gasteiger partial charge in [0.25, 0.3) is 5.91 Å². The number of halogens is 3. The minimum atomic E-state index is -2.98. The van der Waals surface area contributed by atoms with Gasteiger partial charge in [-0.2, -0.15) is 8.78 Å². The molecule has 8 heteroatoms. The Bertz CT molecular complexity index is 771. The van der Waals surface area contributed by atoms with E-state index in [1.807, 2.05) is 6.92 Å². The quantitative estimate of drug-likeness (QED) is 0.713. The van der Waals surface area contributed by atoms with E-state index in [-0.39, 0.29) is 16.7 Å². The molecule has 0 aliphatic heterocycles. The number of carbonyl (C=O) groups is 1. The fourth-order valence-corrected chi connectivity index (χ4v) is 2.44. The van der Waals surface area contributed by atoms with Crippen LogP contribution in [0.2, 0.25) is 5.02 Å². The molecule has 1 amide bonds. The minimum Gasteiger partial charge on any atom is -0.496 e. The number of alkyl halides is 2. The van der Waals surface area contributed by atoms with Gasteiger partial charge in [0.1, 0.15) is 11.5 Å². The largest absolute Gasteiger partial charge is 0.496 e. The van der Waals surface area contributed by atoms with Crippen molar-refractivity contribution in [1.82, 2.24) is 0 Å². The van der Waals surface area contributed by atoms with Crippen LogP contribution in [-0.4, -0.2) is 26.2 Å². The molecule has 0 bridgehead atoms. The molecule has 0 atom stereocenters. The smallest absolute Gasteiger partial charge is 0.387 e. The monoisotopic (exact) mass is 385 g/mol. The van der Waals surface area contributed by atoms with E-state index < -0.39 is 6.61 Å². The number of rotatable bonds is 8. The number of amides is 1. The molecule has 0 heterocycles. The third kappa shape index (κ3) is 5.31. The molecule has 0 aliphatic carbocycles. The highest BCUT2D eigenvalue weighted by Gasteiger charge is 2.13. The van der Waals surface area contributed by atoms with Crippen LogP contribution in [0.15, 0.2) is 36.4 Å². The van der Waals surface area contributed by atoms with E-state index in [2.05, 4.69) is 10.1 Å². The van der Waals surface area contributed by atoms with Crippen molar-refractivity contribution in [2.24, 2.45) is 0 Å². The molecule has 0 fully saturated rings. The third-order valence-electron chi connectivity index (χ3n) is 3.41. The van der Waals surface area contributed by atoms with E-state index in [0.29, 0.717) is 30.2 Å². The van der Waals surface area contributed by atoms with Crippen molar-refractivity contribution in [2.45, 2.75) is 20.1 Å². The van der Waals surface area contributed by atoms with Crippen LogP contribution in [0.4, 0.5) is 14.5 Å². The number of hydrogen-bond donors (Lipinski definition) is 1. The molecule has 0 radical (unpaired) electrons. The van der Waals surface area contributed by atoms with Gasteiger partial charge < -0.3 is 19.5 Å². The van der Waals surface area contributed by atoms with E-state index in [4.69, 9.17) is 21.1 Å². The number of anilines is 1. The molecule has 26 heavy (non-hydrogen) atoms. The van der Waals surface area contributed by atoms with E-state index >= 15 is 0 Å². The van der Waals surface area contributed by atoms with Crippen molar-refractivity contribution >= 4 is 23.2 Å². The Labute approximate surface area is 154 Å². The lowest BCUT2D eigenvalue weighted by Gasteiger charge is -2.12. The normalized spacial score (nSPS) is 10.7. The Hall–Kier alpha value is -2.38. The average molecular weight is 386 g/mol. The molecular weight excluding hydrogens is 368 g/mol. The van der Waals surface area contributed by atoms with Gasteiger partial charge >= 0.3 is 6.61 Å². The molecule has 5 nitrogen and oxygen atoms in total. The van der Waals surface area contributed by atoms with Crippen molar-refractivity contribution in [1.29, 1.82) is 0 Å². The number of nitrogens with one attached hydrogen (secondary N) is 1. The predicted molar refractivity (Wildman–Crippen MR) is 94.4 cm³/mol. The minimum absolute atomic E-state index is 0.0325. The van der Waals surface area contributed by atoms with Gasteiger partial charge in [-0.15, -0.1) is 0 Å². The fourth-order valence-electron chi connectivity index (χ4n) is 2.22. The summed E-state index contributed by atoms with van der Waals surface area (Å²) in [5.41, 5.74) is 1.48. The van der Waals surface area contributed by atoms with E-state index in [1.165, 1.54) is 25.3 Å². The zero-order valence-corrected chi connectivity index (χ0v) is 15.0. The van der Waals surface area contributed by atoms with Gasteiger partial charge in [0.2, 0.25) is 0 Å². The second-order valence-corrected chi connectivity index (χ2v) is 5.55. The number of methoxy groups -OCH3 is 1. The molecule has 140 valence electrons. The van der Waals surface area contributed by atoms with Crippen molar-refractivity contribution in [3.63, 3.8) is 0 Å². The first kappa shape index (κ1) is 19.9. The molecule has 0 aliphatic rings. The van der Waals surface area contributed by atoms with Crippen LogP contribution in [-0.2, 0) is 11.3 Å². The number of carbonyl (C=O) groups excluding carboxylic acids is 1. The Morgan fingerprint density at radius 1 is 1.19 bits per heavy atom. The van der Waals surface area contributed by atoms with Crippen LogP contribution in [0, 0.1) is 0 Å². The highest BCUT2D eigenvalue weighted by Crippen LogP contribution is 2.29. The molecule has 2 aromatic carbocycles. The lowest BCUT2D eigenvalue weighted by Crippen LogP contribution is -2.13. The molecule has 0 saturated carbocycles. The first-order chi connectivity index (χ1) is 12.4. The molecule has 1 N–H and O–H groups in total. The second-order valence-electron chi connectivity index (χ2n) is 5.14. The van der Waals surface area contributed by atoms with Crippen molar-refractivity contribution in [3.8, 4) is 11.5 Å². The van der Waals surface area contributed by atoms with Gasteiger partial charge in [-0.25, -0.2) is 0 Å². The molecule has 0 aromatic heterocycles. The van der Waals surface area contributed by atoms with Crippen LogP contribution in [0.25, 0.3) is 0 Å². The molecule has 0 unspecified atom stereocenters. The highest BCUT2D eigenvalue weighted by atomic mass is 35.5. The van der Waals surface area contributed by atoms with Crippen LogP contribution >= 0.6 is 11.6 Å². The topological polar surface area (TPSA) is 56.8 Å². The van der Waals surface area contributed by atoms with Crippen LogP contribution in [0.3, 0.4) is 0 Å². The SMILES string of the molecule is CCOCc1cc(C(=O)Nc2ccc(OC(F)F)c(Cl)c2)ccc1OC. The van der Waals surface area contributed by atoms with Gasteiger partial charge in [-0.1, -0.05) is 11.6 Å². The maximum atomic E-state index is 12.4. The van der Waals surface area contributed by atoms with Crippen LogP contribution in [0.1, 0.15) is 22.8 Å². The zero-order valence-electron chi connectivity index (χ0n) is 14.2. The first-order valence-corrected chi connectivity index (χ1v) is 8.12. The van der Waals surface area contributed by atoms with Gasteiger partial charge in [-0.3, -0.25) is 4.79 Å². The summed E-state index contributed by atoms with van der Waals surface area (Å²) in [6, 6.07) is 8.97.